The van der Waals surface area contributed by atoms with Gasteiger partial charge in [0.25, 0.3) is 0 Å². The lowest BCUT2D eigenvalue weighted by Gasteiger charge is -2.49. The molecule has 0 aromatic heterocycles. The van der Waals surface area contributed by atoms with Crippen molar-refractivity contribution < 1.29 is 22.7 Å². The van der Waals surface area contributed by atoms with Crippen molar-refractivity contribution in [3.63, 3.8) is 0 Å². The van der Waals surface area contributed by atoms with Gasteiger partial charge in [-0.3, -0.25) is 4.79 Å². The zero-order chi connectivity index (χ0) is 14.9. The second kappa shape index (κ2) is 5.31. The second-order valence-corrected chi connectivity index (χ2v) is 6.09. The van der Waals surface area contributed by atoms with Gasteiger partial charge in [0.1, 0.15) is 0 Å². The molecule has 2 unspecified atom stereocenters. The highest BCUT2D eigenvalue weighted by Gasteiger charge is 2.53. The first kappa shape index (κ1) is 16.3. The molecule has 1 rings (SSSR count). The van der Waals surface area contributed by atoms with E-state index in [1.165, 1.54) is 7.11 Å². The van der Waals surface area contributed by atoms with Gasteiger partial charge >= 0.3 is 12.1 Å². The highest BCUT2D eigenvalue weighted by Crippen LogP contribution is 2.52. The van der Waals surface area contributed by atoms with Crippen LogP contribution in [0.4, 0.5) is 13.2 Å². The van der Waals surface area contributed by atoms with Crippen LogP contribution in [0.2, 0.25) is 0 Å². The number of ether oxygens (including phenoxy) is 1. The van der Waals surface area contributed by atoms with Crippen LogP contribution in [-0.4, -0.2) is 24.8 Å². The molecule has 0 amide bonds. The van der Waals surface area contributed by atoms with Gasteiger partial charge < -0.3 is 10.5 Å². The quantitative estimate of drug-likeness (QED) is 0.809. The highest BCUT2D eigenvalue weighted by molar-refractivity contribution is 5.70. The summed E-state index contributed by atoms with van der Waals surface area (Å²) in [4.78, 5) is 11.5. The van der Waals surface area contributed by atoms with E-state index in [-0.39, 0.29) is 19.3 Å². The number of nitrogens with two attached hydrogens (primary N) is 1. The maximum Gasteiger partial charge on any atom is 0.391 e. The number of rotatable bonds is 3. The lowest BCUT2D eigenvalue weighted by atomic mass is 9.59. The van der Waals surface area contributed by atoms with E-state index in [9.17, 15) is 18.0 Å². The molecule has 0 saturated heterocycles. The molecule has 19 heavy (non-hydrogen) atoms. The predicted octanol–water partition coefficient (Wildman–Crippen LogP) is 3.03. The van der Waals surface area contributed by atoms with E-state index in [2.05, 4.69) is 4.74 Å². The Morgan fingerprint density at radius 2 is 2.00 bits per heavy atom. The average Bonchev–Trinajstić information content (AvgIpc) is 2.26. The first-order valence-electron chi connectivity index (χ1n) is 6.44. The number of halogens is 3. The number of hydrogen-bond acceptors (Lipinski definition) is 3. The SMILES string of the molecule is COC(=O)CC1(C(C)(C)N)CCCC(C(F)(F)F)C1. The molecule has 0 spiro atoms. The third-order valence-corrected chi connectivity index (χ3v) is 4.39. The lowest BCUT2D eigenvalue weighted by molar-refractivity contribution is -0.198. The number of alkyl halides is 3. The van der Waals surface area contributed by atoms with Gasteiger partial charge in [-0.25, -0.2) is 0 Å². The van der Waals surface area contributed by atoms with Crippen molar-refractivity contribution in [2.75, 3.05) is 7.11 Å². The Balaban J connectivity index is 3.01. The van der Waals surface area contributed by atoms with E-state index in [0.29, 0.717) is 12.8 Å². The Bertz CT molecular complexity index is 336. The fourth-order valence-corrected chi connectivity index (χ4v) is 2.96. The van der Waals surface area contributed by atoms with Crippen LogP contribution in [0.1, 0.15) is 46.0 Å². The molecular weight excluding hydrogens is 259 g/mol. The first-order valence-corrected chi connectivity index (χ1v) is 6.44. The molecule has 1 aliphatic rings. The maximum absolute atomic E-state index is 12.9. The molecule has 0 bridgehead atoms. The van der Waals surface area contributed by atoms with Crippen molar-refractivity contribution in [2.45, 2.75) is 57.7 Å². The molecule has 1 aliphatic carbocycles. The molecule has 2 N–H and O–H groups in total. The van der Waals surface area contributed by atoms with E-state index >= 15 is 0 Å². The first-order chi connectivity index (χ1) is 8.52. The summed E-state index contributed by atoms with van der Waals surface area (Å²) in [5, 5.41) is 0. The zero-order valence-electron chi connectivity index (χ0n) is 11.6. The van der Waals surface area contributed by atoms with Crippen LogP contribution in [-0.2, 0) is 9.53 Å². The zero-order valence-corrected chi connectivity index (χ0v) is 11.6. The van der Waals surface area contributed by atoms with Crippen LogP contribution in [0.5, 0.6) is 0 Å². The third kappa shape index (κ3) is 3.61. The van der Waals surface area contributed by atoms with Gasteiger partial charge in [0, 0.05) is 5.54 Å². The normalized spacial score (nSPS) is 29.1. The minimum Gasteiger partial charge on any atom is -0.469 e. The minimum absolute atomic E-state index is 0.0560. The van der Waals surface area contributed by atoms with Crippen LogP contribution in [0.15, 0.2) is 0 Å². The van der Waals surface area contributed by atoms with Crippen LogP contribution in [0.25, 0.3) is 0 Å². The standard InChI is InChI=1S/C13H22F3NO2/c1-11(2,17)12(8-10(18)19-3)6-4-5-9(7-12)13(14,15)16/h9H,4-8,17H2,1-3H3. The Labute approximate surface area is 111 Å². The Hall–Kier alpha value is -0.780. The van der Waals surface area contributed by atoms with Crippen molar-refractivity contribution in [1.29, 1.82) is 0 Å². The van der Waals surface area contributed by atoms with Gasteiger partial charge in [0.05, 0.1) is 19.4 Å². The Morgan fingerprint density at radius 3 is 2.42 bits per heavy atom. The summed E-state index contributed by atoms with van der Waals surface area (Å²) in [6, 6.07) is 0. The number of methoxy groups -OCH3 is 1. The summed E-state index contributed by atoms with van der Waals surface area (Å²) in [5.74, 6) is -1.88. The summed E-state index contributed by atoms with van der Waals surface area (Å²) in [7, 11) is 1.24. The molecule has 2 atom stereocenters. The summed E-state index contributed by atoms with van der Waals surface area (Å²) in [6.07, 6.45) is -3.32. The number of hydrogen-bond donors (Lipinski definition) is 1. The van der Waals surface area contributed by atoms with Gasteiger partial charge in [0.15, 0.2) is 0 Å². The molecule has 0 heterocycles. The van der Waals surface area contributed by atoms with E-state index in [4.69, 9.17) is 5.73 Å². The van der Waals surface area contributed by atoms with Crippen molar-refractivity contribution in [1.82, 2.24) is 0 Å². The summed E-state index contributed by atoms with van der Waals surface area (Å²) < 4.78 is 43.4. The van der Waals surface area contributed by atoms with Crippen LogP contribution in [0, 0.1) is 11.3 Å². The van der Waals surface area contributed by atoms with Crippen molar-refractivity contribution in [3.05, 3.63) is 0 Å². The molecule has 3 nitrogen and oxygen atoms in total. The predicted molar refractivity (Wildman–Crippen MR) is 65.3 cm³/mol. The van der Waals surface area contributed by atoms with Crippen LogP contribution >= 0.6 is 0 Å². The van der Waals surface area contributed by atoms with Crippen molar-refractivity contribution in [2.24, 2.45) is 17.1 Å². The molecule has 112 valence electrons. The molecule has 0 aliphatic heterocycles. The van der Waals surface area contributed by atoms with E-state index in [1.807, 2.05) is 0 Å². The maximum atomic E-state index is 12.9. The number of carbonyl (C=O) groups excluding carboxylic acids is 1. The van der Waals surface area contributed by atoms with Crippen molar-refractivity contribution in [3.8, 4) is 0 Å². The summed E-state index contributed by atoms with van der Waals surface area (Å²) >= 11 is 0. The Morgan fingerprint density at radius 1 is 1.42 bits per heavy atom. The largest absolute Gasteiger partial charge is 0.469 e. The highest BCUT2D eigenvalue weighted by atomic mass is 19.4. The summed E-state index contributed by atoms with van der Waals surface area (Å²) in [6.45, 7) is 3.38. The topological polar surface area (TPSA) is 52.3 Å². The molecule has 0 aromatic carbocycles. The molecular formula is C13H22F3NO2. The van der Waals surface area contributed by atoms with Crippen LogP contribution < -0.4 is 5.73 Å². The Kier molecular flexibility index (Phi) is 4.55. The summed E-state index contributed by atoms with van der Waals surface area (Å²) in [5.41, 5.74) is 4.37. The molecule has 6 heteroatoms. The van der Waals surface area contributed by atoms with Gasteiger partial charge in [-0.05, 0) is 38.5 Å². The minimum atomic E-state index is -4.23. The van der Waals surface area contributed by atoms with Crippen molar-refractivity contribution >= 4 is 5.97 Å². The smallest absolute Gasteiger partial charge is 0.391 e. The monoisotopic (exact) mass is 281 g/mol. The van der Waals surface area contributed by atoms with Gasteiger partial charge in [-0.15, -0.1) is 0 Å². The molecule has 0 radical (unpaired) electrons. The fourth-order valence-electron chi connectivity index (χ4n) is 2.96. The van der Waals surface area contributed by atoms with Crippen LogP contribution in [0.3, 0.4) is 0 Å². The lowest BCUT2D eigenvalue weighted by Crippen LogP contribution is -2.55. The number of esters is 1. The molecule has 0 aromatic rings. The average molecular weight is 281 g/mol. The van der Waals surface area contributed by atoms with Gasteiger partial charge in [0.2, 0.25) is 0 Å². The van der Waals surface area contributed by atoms with Gasteiger partial charge in [-0.2, -0.15) is 13.2 Å². The van der Waals surface area contributed by atoms with Gasteiger partial charge in [-0.1, -0.05) is 6.42 Å². The van der Waals surface area contributed by atoms with E-state index in [1.54, 1.807) is 13.8 Å². The molecule has 1 saturated carbocycles. The third-order valence-electron chi connectivity index (χ3n) is 4.39. The molecule has 1 fully saturated rings. The van der Waals surface area contributed by atoms with E-state index < -0.39 is 29.0 Å². The fraction of sp³-hybridized carbons (Fsp3) is 0.923. The second-order valence-electron chi connectivity index (χ2n) is 6.09. The number of carbonyl (C=O) groups is 1. The van der Waals surface area contributed by atoms with E-state index in [0.717, 1.165) is 0 Å².